The van der Waals surface area contributed by atoms with Crippen LogP contribution < -0.4 is 10.2 Å². The monoisotopic (exact) mass is 287 g/mol. The van der Waals surface area contributed by atoms with Crippen molar-refractivity contribution in [2.45, 2.75) is 50.6 Å². The Morgan fingerprint density at radius 1 is 0.952 bits per heavy atom. The molecule has 0 radical (unpaired) electrons. The van der Waals surface area contributed by atoms with E-state index in [-0.39, 0.29) is 0 Å². The SMILES string of the molecule is c1nc(NC2CCN(C3CC3)CC2)cc(N2CCCC2)n1. The van der Waals surface area contributed by atoms with E-state index in [1.165, 1.54) is 51.6 Å². The first-order valence-corrected chi connectivity index (χ1v) is 8.46. The van der Waals surface area contributed by atoms with Crippen LogP contribution in [0.15, 0.2) is 12.4 Å². The maximum Gasteiger partial charge on any atom is 0.134 e. The number of rotatable bonds is 4. The van der Waals surface area contributed by atoms with E-state index in [0.29, 0.717) is 6.04 Å². The Labute approximate surface area is 126 Å². The summed E-state index contributed by atoms with van der Waals surface area (Å²) in [6.07, 6.45) is 9.58. The molecule has 0 amide bonds. The van der Waals surface area contributed by atoms with Crippen LogP contribution in [-0.2, 0) is 0 Å². The third-order valence-corrected chi connectivity index (χ3v) is 5.03. The lowest BCUT2D eigenvalue weighted by atomic mass is 10.0. The third-order valence-electron chi connectivity index (χ3n) is 5.03. The van der Waals surface area contributed by atoms with Crippen LogP contribution in [0.4, 0.5) is 11.6 Å². The molecule has 21 heavy (non-hydrogen) atoms. The topological polar surface area (TPSA) is 44.3 Å². The summed E-state index contributed by atoms with van der Waals surface area (Å²) < 4.78 is 0. The molecule has 0 spiro atoms. The lowest BCUT2D eigenvalue weighted by molar-refractivity contribution is 0.210. The van der Waals surface area contributed by atoms with Crippen LogP contribution in [-0.4, -0.2) is 53.1 Å². The van der Waals surface area contributed by atoms with Gasteiger partial charge in [-0.3, -0.25) is 0 Å². The molecule has 0 unspecified atom stereocenters. The van der Waals surface area contributed by atoms with Crippen molar-refractivity contribution in [2.24, 2.45) is 0 Å². The lowest BCUT2D eigenvalue weighted by Gasteiger charge is -2.32. The highest BCUT2D eigenvalue weighted by molar-refractivity contribution is 5.49. The van der Waals surface area contributed by atoms with Crippen LogP contribution in [0.25, 0.3) is 0 Å². The molecular weight excluding hydrogens is 262 g/mol. The standard InChI is InChI=1S/C16H25N5/c1-2-8-21(7-1)16-11-15(17-12-18-16)19-13-5-9-20(10-6-13)14-3-4-14/h11-14H,1-10H2,(H,17,18,19). The predicted molar refractivity (Wildman–Crippen MR) is 84.7 cm³/mol. The fourth-order valence-electron chi connectivity index (χ4n) is 3.60. The molecule has 3 aliphatic rings. The van der Waals surface area contributed by atoms with E-state index in [2.05, 4.69) is 31.2 Å². The van der Waals surface area contributed by atoms with Crippen molar-refractivity contribution in [3.63, 3.8) is 0 Å². The van der Waals surface area contributed by atoms with Gasteiger partial charge in [-0.1, -0.05) is 0 Å². The van der Waals surface area contributed by atoms with Crippen molar-refractivity contribution in [1.29, 1.82) is 0 Å². The number of hydrogen-bond donors (Lipinski definition) is 1. The molecule has 0 aromatic carbocycles. The fraction of sp³-hybridized carbons (Fsp3) is 0.750. The van der Waals surface area contributed by atoms with Crippen LogP contribution in [0.1, 0.15) is 38.5 Å². The zero-order valence-electron chi connectivity index (χ0n) is 12.7. The Hall–Kier alpha value is -1.36. The highest BCUT2D eigenvalue weighted by Gasteiger charge is 2.31. The van der Waals surface area contributed by atoms with Gasteiger partial charge in [0.25, 0.3) is 0 Å². The van der Waals surface area contributed by atoms with Gasteiger partial charge in [-0.15, -0.1) is 0 Å². The molecule has 1 aromatic rings. The summed E-state index contributed by atoms with van der Waals surface area (Å²) in [6.45, 7) is 4.76. The Bertz CT molecular complexity index is 473. The van der Waals surface area contributed by atoms with Gasteiger partial charge >= 0.3 is 0 Å². The molecule has 0 atom stereocenters. The first-order chi connectivity index (χ1) is 10.4. The minimum absolute atomic E-state index is 0.571. The highest BCUT2D eigenvalue weighted by atomic mass is 15.2. The molecule has 1 N–H and O–H groups in total. The molecule has 2 aliphatic heterocycles. The van der Waals surface area contributed by atoms with E-state index in [1.54, 1.807) is 6.33 Å². The van der Waals surface area contributed by atoms with Gasteiger partial charge in [-0.2, -0.15) is 0 Å². The molecule has 4 rings (SSSR count). The molecule has 3 heterocycles. The van der Waals surface area contributed by atoms with Gasteiger partial charge < -0.3 is 15.1 Å². The van der Waals surface area contributed by atoms with Crippen LogP contribution in [0.3, 0.4) is 0 Å². The fourth-order valence-corrected chi connectivity index (χ4v) is 3.60. The van der Waals surface area contributed by atoms with Gasteiger partial charge in [-0.25, -0.2) is 9.97 Å². The minimum atomic E-state index is 0.571. The lowest BCUT2D eigenvalue weighted by Crippen LogP contribution is -2.40. The molecule has 0 bridgehead atoms. The van der Waals surface area contributed by atoms with Crippen molar-refractivity contribution in [3.8, 4) is 0 Å². The summed E-state index contributed by atoms with van der Waals surface area (Å²) in [6, 6.07) is 3.60. The maximum absolute atomic E-state index is 4.42. The predicted octanol–water partition coefficient (Wildman–Crippen LogP) is 2.12. The molecule has 5 nitrogen and oxygen atoms in total. The van der Waals surface area contributed by atoms with Crippen LogP contribution >= 0.6 is 0 Å². The van der Waals surface area contributed by atoms with E-state index < -0.39 is 0 Å². The smallest absolute Gasteiger partial charge is 0.134 e. The summed E-state index contributed by atoms with van der Waals surface area (Å²) >= 11 is 0. The Balaban J connectivity index is 1.35. The summed E-state index contributed by atoms with van der Waals surface area (Å²) in [5.74, 6) is 2.08. The molecule has 5 heteroatoms. The van der Waals surface area contributed by atoms with Gasteiger partial charge in [0.2, 0.25) is 0 Å². The van der Waals surface area contributed by atoms with Gasteiger partial charge in [0.15, 0.2) is 0 Å². The van der Waals surface area contributed by atoms with Crippen molar-refractivity contribution in [2.75, 3.05) is 36.4 Å². The number of nitrogens with zero attached hydrogens (tertiary/aromatic N) is 4. The average molecular weight is 287 g/mol. The second-order valence-electron chi connectivity index (χ2n) is 6.64. The van der Waals surface area contributed by atoms with Crippen molar-refractivity contribution in [1.82, 2.24) is 14.9 Å². The molecule has 3 fully saturated rings. The van der Waals surface area contributed by atoms with E-state index in [0.717, 1.165) is 30.8 Å². The van der Waals surface area contributed by atoms with Crippen molar-refractivity contribution >= 4 is 11.6 Å². The van der Waals surface area contributed by atoms with E-state index in [9.17, 15) is 0 Å². The number of anilines is 2. The molecule has 1 saturated carbocycles. The normalized spacial score (nSPS) is 24.5. The Morgan fingerprint density at radius 3 is 2.43 bits per heavy atom. The van der Waals surface area contributed by atoms with Crippen LogP contribution in [0, 0.1) is 0 Å². The van der Waals surface area contributed by atoms with E-state index in [1.807, 2.05) is 0 Å². The number of likely N-dealkylation sites (tertiary alicyclic amines) is 1. The molecule has 2 saturated heterocycles. The number of piperidine rings is 1. The van der Waals surface area contributed by atoms with Gasteiger partial charge in [0, 0.05) is 44.3 Å². The number of aromatic nitrogens is 2. The molecule has 1 aromatic heterocycles. The van der Waals surface area contributed by atoms with Gasteiger partial charge in [0.1, 0.15) is 18.0 Å². The Morgan fingerprint density at radius 2 is 1.71 bits per heavy atom. The van der Waals surface area contributed by atoms with Gasteiger partial charge in [-0.05, 0) is 38.5 Å². The molecular formula is C16H25N5. The zero-order valence-corrected chi connectivity index (χ0v) is 12.7. The largest absolute Gasteiger partial charge is 0.367 e. The highest BCUT2D eigenvalue weighted by Crippen LogP contribution is 2.30. The summed E-state index contributed by atoms with van der Waals surface area (Å²) in [5, 5.41) is 3.62. The van der Waals surface area contributed by atoms with Crippen LogP contribution in [0.5, 0.6) is 0 Å². The maximum atomic E-state index is 4.42. The van der Waals surface area contributed by atoms with Crippen molar-refractivity contribution in [3.05, 3.63) is 12.4 Å². The second kappa shape index (κ2) is 5.79. The third kappa shape index (κ3) is 3.12. The number of nitrogens with one attached hydrogen (secondary N) is 1. The summed E-state index contributed by atoms with van der Waals surface area (Å²) in [7, 11) is 0. The van der Waals surface area contributed by atoms with Gasteiger partial charge in [0.05, 0.1) is 0 Å². The van der Waals surface area contributed by atoms with Crippen molar-refractivity contribution < 1.29 is 0 Å². The molecule has 1 aliphatic carbocycles. The zero-order chi connectivity index (χ0) is 14.1. The summed E-state index contributed by atoms with van der Waals surface area (Å²) in [4.78, 5) is 13.9. The van der Waals surface area contributed by atoms with E-state index in [4.69, 9.17) is 0 Å². The minimum Gasteiger partial charge on any atom is -0.367 e. The Kier molecular flexibility index (Phi) is 3.67. The number of hydrogen-bond acceptors (Lipinski definition) is 5. The first kappa shape index (κ1) is 13.3. The van der Waals surface area contributed by atoms with E-state index >= 15 is 0 Å². The first-order valence-electron chi connectivity index (χ1n) is 8.46. The molecule has 114 valence electrons. The summed E-state index contributed by atoms with van der Waals surface area (Å²) in [5.41, 5.74) is 0. The average Bonchev–Trinajstić information content (AvgIpc) is 3.23. The second-order valence-corrected chi connectivity index (χ2v) is 6.64. The van der Waals surface area contributed by atoms with Crippen LogP contribution in [0.2, 0.25) is 0 Å². The quantitative estimate of drug-likeness (QED) is 0.919.